The van der Waals surface area contributed by atoms with Crippen LogP contribution in [0.15, 0.2) is 24.4 Å². The van der Waals surface area contributed by atoms with Crippen molar-refractivity contribution in [3.63, 3.8) is 0 Å². The van der Waals surface area contributed by atoms with E-state index >= 15 is 0 Å². The molecule has 0 unspecified atom stereocenters. The summed E-state index contributed by atoms with van der Waals surface area (Å²) in [6.07, 6.45) is 5.31. The Bertz CT molecular complexity index is 725. The van der Waals surface area contributed by atoms with Crippen LogP contribution in [0.5, 0.6) is 5.88 Å². The fourth-order valence-electron chi connectivity index (χ4n) is 2.33. The molecule has 1 aliphatic carbocycles. The molecular weight excluding hydrogens is 318 g/mol. The number of halogens is 1. The van der Waals surface area contributed by atoms with Gasteiger partial charge in [0.1, 0.15) is 5.15 Å². The van der Waals surface area contributed by atoms with Crippen molar-refractivity contribution in [2.75, 3.05) is 13.7 Å². The number of aromatic nitrogens is 3. The normalized spacial score (nSPS) is 15.3. The lowest BCUT2D eigenvalue weighted by molar-refractivity contribution is 0.0600. The van der Waals surface area contributed by atoms with E-state index in [-0.39, 0.29) is 10.7 Å². The molecule has 0 aliphatic heterocycles. The number of hydrogen-bond donors (Lipinski definition) is 0. The first kappa shape index (κ1) is 15.8. The van der Waals surface area contributed by atoms with Crippen LogP contribution in [0.1, 0.15) is 36.5 Å². The van der Waals surface area contributed by atoms with Gasteiger partial charge in [0.15, 0.2) is 5.82 Å². The Morgan fingerprint density at radius 2 is 2.17 bits per heavy atom. The molecule has 1 fully saturated rings. The van der Waals surface area contributed by atoms with Gasteiger partial charge in [-0.3, -0.25) is 0 Å². The highest BCUT2D eigenvalue weighted by molar-refractivity contribution is 6.32. The van der Waals surface area contributed by atoms with Crippen LogP contribution >= 0.6 is 11.6 Å². The SMILES string of the molecule is CCC1(COc2ccn(-c3ccc(C(=O)OC)c(Cl)n3)n2)CC1. The van der Waals surface area contributed by atoms with Crippen molar-refractivity contribution in [3.05, 3.63) is 35.1 Å². The summed E-state index contributed by atoms with van der Waals surface area (Å²) >= 11 is 6.02. The van der Waals surface area contributed by atoms with Crippen molar-refractivity contribution in [2.45, 2.75) is 26.2 Å². The Morgan fingerprint density at radius 3 is 2.78 bits per heavy atom. The number of rotatable bonds is 6. The molecule has 1 saturated carbocycles. The van der Waals surface area contributed by atoms with E-state index in [1.807, 2.05) is 0 Å². The first-order chi connectivity index (χ1) is 11.1. The minimum Gasteiger partial charge on any atom is -0.476 e. The van der Waals surface area contributed by atoms with Crippen LogP contribution in [0.25, 0.3) is 5.82 Å². The van der Waals surface area contributed by atoms with Gasteiger partial charge in [0, 0.05) is 17.7 Å². The van der Waals surface area contributed by atoms with Crippen LogP contribution in [-0.4, -0.2) is 34.5 Å². The summed E-state index contributed by atoms with van der Waals surface area (Å²) in [4.78, 5) is 15.7. The zero-order valence-corrected chi connectivity index (χ0v) is 13.8. The second-order valence-corrected chi connectivity index (χ2v) is 6.10. The molecule has 122 valence electrons. The van der Waals surface area contributed by atoms with Crippen LogP contribution in [0.4, 0.5) is 0 Å². The first-order valence-electron chi connectivity index (χ1n) is 7.50. The fourth-order valence-corrected chi connectivity index (χ4v) is 2.56. The molecule has 0 bridgehead atoms. The maximum atomic E-state index is 11.5. The van der Waals surface area contributed by atoms with Crippen LogP contribution in [0.2, 0.25) is 5.15 Å². The molecule has 0 radical (unpaired) electrons. The standard InChI is InChI=1S/C16H18ClN3O3/c1-3-16(7-8-16)10-23-13-6-9-20(19-13)12-5-4-11(14(17)18-12)15(21)22-2/h4-6,9H,3,7-8,10H2,1-2H3. The van der Waals surface area contributed by atoms with Gasteiger partial charge in [0.2, 0.25) is 5.88 Å². The molecule has 0 amide bonds. The van der Waals surface area contributed by atoms with E-state index in [4.69, 9.17) is 16.3 Å². The predicted octanol–water partition coefficient (Wildman–Crippen LogP) is 3.28. The fraction of sp³-hybridized carbons (Fsp3) is 0.438. The number of carbonyl (C=O) groups excluding carboxylic acids is 1. The molecule has 2 heterocycles. The van der Waals surface area contributed by atoms with Gasteiger partial charge in [-0.15, -0.1) is 5.10 Å². The number of hydrogen-bond acceptors (Lipinski definition) is 5. The molecule has 0 spiro atoms. The topological polar surface area (TPSA) is 66.2 Å². The van der Waals surface area contributed by atoms with E-state index in [0.29, 0.717) is 23.7 Å². The van der Waals surface area contributed by atoms with Crippen molar-refractivity contribution in [1.29, 1.82) is 0 Å². The Hall–Kier alpha value is -2.08. The van der Waals surface area contributed by atoms with Crippen molar-refractivity contribution >= 4 is 17.6 Å². The highest BCUT2D eigenvalue weighted by Gasteiger charge is 2.41. The van der Waals surface area contributed by atoms with Gasteiger partial charge in [-0.05, 0) is 31.4 Å². The van der Waals surface area contributed by atoms with Crippen LogP contribution in [-0.2, 0) is 4.74 Å². The summed E-state index contributed by atoms with van der Waals surface area (Å²) < 4.78 is 12.0. The molecule has 3 rings (SSSR count). The maximum absolute atomic E-state index is 11.5. The number of carbonyl (C=O) groups is 1. The first-order valence-corrected chi connectivity index (χ1v) is 7.88. The summed E-state index contributed by atoms with van der Waals surface area (Å²) in [7, 11) is 1.30. The molecule has 1 aliphatic rings. The van der Waals surface area contributed by atoms with Gasteiger partial charge in [0.05, 0.1) is 19.3 Å². The van der Waals surface area contributed by atoms with Crippen molar-refractivity contribution in [3.8, 4) is 11.7 Å². The second kappa shape index (κ2) is 6.20. The van der Waals surface area contributed by atoms with Crippen LogP contribution in [0, 0.1) is 5.41 Å². The molecule has 0 atom stereocenters. The molecular formula is C16H18ClN3O3. The molecule has 0 N–H and O–H groups in total. The Labute approximate surface area is 139 Å². The predicted molar refractivity (Wildman–Crippen MR) is 85.2 cm³/mol. The minimum absolute atomic E-state index is 0.0789. The number of esters is 1. The average Bonchev–Trinajstić information content (AvgIpc) is 3.20. The van der Waals surface area contributed by atoms with Crippen LogP contribution < -0.4 is 4.74 Å². The molecule has 0 aromatic carbocycles. The lowest BCUT2D eigenvalue weighted by Gasteiger charge is -2.11. The third kappa shape index (κ3) is 3.32. The minimum atomic E-state index is -0.521. The molecule has 2 aromatic rings. The second-order valence-electron chi connectivity index (χ2n) is 5.74. The summed E-state index contributed by atoms with van der Waals surface area (Å²) in [5.41, 5.74) is 0.563. The Morgan fingerprint density at radius 1 is 1.39 bits per heavy atom. The molecule has 23 heavy (non-hydrogen) atoms. The summed E-state index contributed by atoms with van der Waals surface area (Å²) in [6, 6.07) is 5.01. The van der Waals surface area contributed by atoms with E-state index in [1.54, 1.807) is 29.1 Å². The number of methoxy groups -OCH3 is 1. The van der Waals surface area contributed by atoms with E-state index in [9.17, 15) is 4.79 Å². The van der Waals surface area contributed by atoms with E-state index in [2.05, 4.69) is 21.7 Å². The number of nitrogens with zero attached hydrogens (tertiary/aromatic N) is 3. The maximum Gasteiger partial charge on any atom is 0.341 e. The van der Waals surface area contributed by atoms with Gasteiger partial charge in [0.25, 0.3) is 0 Å². The van der Waals surface area contributed by atoms with Gasteiger partial charge in [-0.1, -0.05) is 18.5 Å². The zero-order valence-electron chi connectivity index (χ0n) is 13.1. The third-order valence-electron chi connectivity index (χ3n) is 4.27. The van der Waals surface area contributed by atoms with Gasteiger partial charge in [-0.25, -0.2) is 14.5 Å². The number of ether oxygens (including phenoxy) is 2. The van der Waals surface area contributed by atoms with Crippen LogP contribution in [0.3, 0.4) is 0 Å². The summed E-state index contributed by atoms with van der Waals surface area (Å²) in [5, 5.41) is 4.42. The lowest BCUT2D eigenvalue weighted by atomic mass is 10.1. The largest absolute Gasteiger partial charge is 0.476 e. The van der Waals surface area contributed by atoms with Crippen molar-refractivity contribution in [2.24, 2.45) is 5.41 Å². The third-order valence-corrected chi connectivity index (χ3v) is 4.56. The van der Waals surface area contributed by atoms with E-state index in [1.165, 1.54) is 20.0 Å². The van der Waals surface area contributed by atoms with Gasteiger partial charge in [-0.2, -0.15) is 0 Å². The van der Waals surface area contributed by atoms with Gasteiger partial charge < -0.3 is 9.47 Å². The van der Waals surface area contributed by atoms with E-state index in [0.717, 1.165) is 6.42 Å². The Balaban J connectivity index is 1.72. The van der Waals surface area contributed by atoms with Crippen molar-refractivity contribution < 1.29 is 14.3 Å². The Kier molecular flexibility index (Phi) is 4.26. The highest BCUT2D eigenvalue weighted by Crippen LogP contribution is 2.48. The van der Waals surface area contributed by atoms with Crippen molar-refractivity contribution in [1.82, 2.24) is 14.8 Å². The highest BCUT2D eigenvalue weighted by atomic mass is 35.5. The summed E-state index contributed by atoms with van der Waals surface area (Å²) in [5.74, 6) is 0.543. The molecule has 6 nitrogen and oxygen atoms in total. The monoisotopic (exact) mass is 335 g/mol. The lowest BCUT2D eigenvalue weighted by Crippen LogP contribution is -2.12. The number of pyridine rings is 1. The molecule has 2 aromatic heterocycles. The zero-order chi connectivity index (χ0) is 16.4. The summed E-state index contributed by atoms with van der Waals surface area (Å²) in [6.45, 7) is 2.87. The quantitative estimate of drug-likeness (QED) is 0.598. The molecule has 0 saturated heterocycles. The average molecular weight is 336 g/mol. The van der Waals surface area contributed by atoms with Gasteiger partial charge >= 0.3 is 5.97 Å². The van der Waals surface area contributed by atoms with E-state index < -0.39 is 5.97 Å². The smallest absolute Gasteiger partial charge is 0.341 e. The molecule has 7 heteroatoms.